The summed E-state index contributed by atoms with van der Waals surface area (Å²) in [5.41, 5.74) is 7.94. The van der Waals surface area contributed by atoms with Crippen LogP contribution >= 0.6 is 0 Å². The van der Waals surface area contributed by atoms with Gasteiger partial charge in [0.1, 0.15) is 0 Å². The zero-order valence-corrected chi connectivity index (χ0v) is 8.98. The lowest BCUT2D eigenvalue weighted by atomic mass is 10.0. The number of fused-ring (bicyclic) bond motifs is 1. The molecule has 0 aliphatic carbocycles. The molecule has 2 heteroatoms. The molecule has 0 aliphatic heterocycles. The minimum Gasteiger partial charge on any atom is -0.330 e. The first-order valence-corrected chi connectivity index (χ1v) is 5.33. The molecule has 2 rings (SSSR count). The summed E-state index contributed by atoms with van der Waals surface area (Å²) in [6, 6.07) is 10.4. The first-order valence-electron chi connectivity index (χ1n) is 5.33. The summed E-state index contributed by atoms with van der Waals surface area (Å²) in [5.74, 6) is 0.521. The van der Waals surface area contributed by atoms with Crippen molar-refractivity contribution in [1.82, 2.24) is 4.98 Å². The molecule has 78 valence electrons. The molecule has 2 N–H and O–H groups in total. The summed E-state index contributed by atoms with van der Waals surface area (Å²) >= 11 is 0. The highest BCUT2D eigenvalue weighted by Crippen LogP contribution is 2.14. The molecule has 0 spiro atoms. The predicted octanol–water partition coefficient (Wildman–Crippen LogP) is 2.37. The molecule has 1 aromatic heterocycles. The maximum atomic E-state index is 5.61. The number of nitrogens with zero attached hydrogens (tertiary/aromatic N) is 1. The van der Waals surface area contributed by atoms with Gasteiger partial charge in [0.05, 0.1) is 5.52 Å². The Morgan fingerprint density at radius 1 is 1.33 bits per heavy atom. The fourth-order valence-electron chi connectivity index (χ4n) is 1.71. The Balaban J connectivity index is 2.30. The van der Waals surface area contributed by atoms with Crippen LogP contribution in [0.25, 0.3) is 10.9 Å². The standard InChI is InChI=1S/C13H16N2/c1-10(8-14)6-11-7-12-4-2-3-5-13(12)15-9-11/h2-5,7,9-10H,6,8,14H2,1H3/t10-/m0/s1. The van der Waals surface area contributed by atoms with Gasteiger partial charge in [-0.2, -0.15) is 0 Å². The number of aromatic nitrogens is 1. The average Bonchev–Trinajstić information content (AvgIpc) is 2.29. The molecule has 1 aromatic carbocycles. The number of hydrogen-bond donors (Lipinski definition) is 1. The number of nitrogens with two attached hydrogens (primary N) is 1. The van der Waals surface area contributed by atoms with E-state index in [9.17, 15) is 0 Å². The SMILES string of the molecule is C[C@H](CN)Cc1cnc2ccccc2c1. The Bertz CT molecular complexity index is 451. The zero-order chi connectivity index (χ0) is 10.7. The van der Waals surface area contributed by atoms with E-state index in [2.05, 4.69) is 24.0 Å². The minimum atomic E-state index is 0.521. The van der Waals surface area contributed by atoms with Crippen LogP contribution in [-0.4, -0.2) is 11.5 Å². The van der Waals surface area contributed by atoms with E-state index in [0.29, 0.717) is 5.92 Å². The van der Waals surface area contributed by atoms with Gasteiger partial charge >= 0.3 is 0 Å². The maximum Gasteiger partial charge on any atom is 0.0702 e. The number of pyridine rings is 1. The van der Waals surface area contributed by atoms with E-state index in [1.807, 2.05) is 24.4 Å². The summed E-state index contributed by atoms with van der Waals surface area (Å²) in [7, 11) is 0. The molecule has 0 saturated heterocycles. The Labute approximate surface area is 90.1 Å². The Morgan fingerprint density at radius 2 is 2.13 bits per heavy atom. The summed E-state index contributed by atoms with van der Waals surface area (Å²) in [4.78, 5) is 4.43. The van der Waals surface area contributed by atoms with E-state index >= 15 is 0 Å². The number of rotatable bonds is 3. The maximum absolute atomic E-state index is 5.61. The first kappa shape index (κ1) is 10.1. The molecule has 1 heterocycles. The van der Waals surface area contributed by atoms with Crippen molar-refractivity contribution in [2.45, 2.75) is 13.3 Å². The monoisotopic (exact) mass is 200 g/mol. The average molecular weight is 200 g/mol. The van der Waals surface area contributed by atoms with Crippen LogP contribution in [0.2, 0.25) is 0 Å². The fourth-order valence-corrected chi connectivity index (χ4v) is 1.71. The van der Waals surface area contributed by atoms with Crippen LogP contribution in [-0.2, 0) is 6.42 Å². The van der Waals surface area contributed by atoms with Gasteiger partial charge in [0, 0.05) is 11.6 Å². The summed E-state index contributed by atoms with van der Waals surface area (Å²) in [5, 5.41) is 1.21. The smallest absolute Gasteiger partial charge is 0.0702 e. The molecule has 0 radical (unpaired) electrons. The molecule has 0 bridgehead atoms. The van der Waals surface area contributed by atoms with Crippen molar-refractivity contribution in [3.05, 3.63) is 42.1 Å². The molecule has 0 saturated carbocycles. The topological polar surface area (TPSA) is 38.9 Å². The molecule has 0 aliphatic rings. The minimum absolute atomic E-state index is 0.521. The highest BCUT2D eigenvalue weighted by Gasteiger charge is 2.02. The predicted molar refractivity (Wildman–Crippen MR) is 63.7 cm³/mol. The van der Waals surface area contributed by atoms with Crippen LogP contribution in [0.1, 0.15) is 12.5 Å². The van der Waals surface area contributed by atoms with Gasteiger partial charge < -0.3 is 5.73 Å². The van der Waals surface area contributed by atoms with Crippen molar-refractivity contribution in [3.63, 3.8) is 0 Å². The third-order valence-corrected chi connectivity index (χ3v) is 2.63. The third kappa shape index (κ3) is 2.34. The number of para-hydroxylation sites is 1. The van der Waals surface area contributed by atoms with E-state index in [-0.39, 0.29) is 0 Å². The van der Waals surface area contributed by atoms with Gasteiger partial charge in [0.15, 0.2) is 0 Å². The van der Waals surface area contributed by atoms with E-state index in [0.717, 1.165) is 18.5 Å². The van der Waals surface area contributed by atoms with Crippen LogP contribution in [0, 0.1) is 5.92 Å². The van der Waals surface area contributed by atoms with Crippen molar-refractivity contribution in [1.29, 1.82) is 0 Å². The molecular weight excluding hydrogens is 184 g/mol. The summed E-state index contributed by atoms with van der Waals surface area (Å²) < 4.78 is 0. The largest absolute Gasteiger partial charge is 0.330 e. The molecule has 2 aromatic rings. The van der Waals surface area contributed by atoms with Crippen LogP contribution in [0.3, 0.4) is 0 Å². The van der Waals surface area contributed by atoms with Crippen molar-refractivity contribution >= 4 is 10.9 Å². The lowest BCUT2D eigenvalue weighted by Gasteiger charge is -2.08. The molecular formula is C13H16N2. The van der Waals surface area contributed by atoms with E-state index in [1.54, 1.807) is 0 Å². The Kier molecular flexibility index (Phi) is 2.97. The molecule has 0 fully saturated rings. The van der Waals surface area contributed by atoms with E-state index in [1.165, 1.54) is 10.9 Å². The van der Waals surface area contributed by atoms with Crippen LogP contribution in [0.5, 0.6) is 0 Å². The Hall–Kier alpha value is -1.41. The molecule has 15 heavy (non-hydrogen) atoms. The highest BCUT2D eigenvalue weighted by molar-refractivity contribution is 5.78. The molecule has 0 unspecified atom stereocenters. The van der Waals surface area contributed by atoms with Gasteiger partial charge in [-0.25, -0.2) is 0 Å². The number of hydrogen-bond acceptors (Lipinski definition) is 2. The second-order valence-electron chi connectivity index (χ2n) is 4.08. The second-order valence-corrected chi connectivity index (χ2v) is 4.08. The normalized spacial score (nSPS) is 12.9. The van der Waals surface area contributed by atoms with Crippen molar-refractivity contribution in [3.8, 4) is 0 Å². The van der Waals surface area contributed by atoms with Gasteiger partial charge in [0.25, 0.3) is 0 Å². The van der Waals surface area contributed by atoms with Crippen LogP contribution in [0.15, 0.2) is 36.5 Å². The van der Waals surface area contributed by atoms with Gasteiger partial charge in [-0.15, -0.1) is 0 Å². The van der Waals surface area contributed by atoms with Gasteiger partial charge in [-0.1, -0.05) is 25.1 Å². The lowest BCUT2D eigenvalue weighted by molar-refractivity contribution is 0.592. The second kappa shape index (κ2) is 4.41. The van der Waals surface area contributed by atoms with Crippen LogP contribution < -0.4 is 5.73 Å². The third-order valence-electron chi connectivity index (χ3n) is 2.63. The van der Waals surface area contributed by atoms with Crippen molar-refractivity contribution < 1.29 is 0 Å². The summed E-state index contributed by atoms with van der Waals surface area (Å²) in [6.07, 6.45) is 2.96. The Morgan fingerprint density at radius 3 is 2.93 bits per heavy atom. The van der Waals surface area contributed by atoms with Gasteiger partial charge in [0.2, 0.25) is 0 Å². The van der Waals surface area contributed by atoms with E-state index < -0.39 is 0 Å². The van der Waals surface area contributed by atoms with Gasteiger partial charge in [-0.3, -0.25) is 4.98 Å². The molecule has 0 amide bonds. The van der Waals surface area contributed by atoms with Gasteiger partial charge in [-0.05, 0) is 36.6 Å². The summed E-state index contributed by atoms with van der Waals surface area (Å²) in [6.45, 7) is 2.89. The molecule has 2 nitrogen and oxygen atoms in total. The first-order chi connectivity index (χ1) is 7.29. The van der Waals surface area contributed by atoms with Crippen molar-refractivity contribution in [2.75, 3.05) is 6.54 Å². The lowest BCUT2D eigenvalue weighted by Crippen LogP contribution is -2.13. The highest BCUT2D eigenvalue weighted by atomic mass is 14.6. The quantitative estimate of drug-likeness (QED) is 0.826. The number of benzene rings is 1. The van der Waals surface area contributed by atoms with Crippen LogP contribution in [0.4, 0.5) is 0 Å². The zero-order valence-electron chi connectivity index (χ0n) is 8.98. The van der Waals surface area contributed by atoms with E-state index in [4.69, 9.17) is 5.73 Å². The fraction of sp³-hybridized carbons (Fsp3) is 0.308. The van der Waals surface area contributed by atoms with Crippen molar-refractivity contribution in [2.24, 2.45) is 11.7 Å². The molecule has 1 atom stereocenters.